The molecule has 20 heavy (non-hydrogen) atoms. The maximum atomic E-state index is 13.2. The van der Waals surface area contributed by atoms with Crippen molar-refractivity contribution in [3.63, 3.8) is 0 Å². The number of nitrogens with two attached hydrogens (primary N) is 1. The lowest BCUT2D eigenvalue weighted by molar-refractivity contribution is 0.0471. The molecule has 7 heteroatoms. The van der Waals surface area contributed by atoms with E-state index in [-0.39, 0.29) is 17.9 Å². The molecule has 0 bridgehead atoms. The predicted octanol–water partition coefficient (Wildman–Crippen LogP) is 2.74. The minimum atomic E-state index is -0.586. The largest absolute Gasteiger partial charge is 0.457 e. The zero-order valence-corrected chi connectivity index (χ0v) is 12.4. The second-order valence-electron chi connectivity index (χ2n) is 4.13. The van der Waals surface area contributed by atoms with Gasteiger partial charge in [0, 0.05) is 22.8 Å². The Morgan fingerprint density at radius 1 is 1.55 bits per heavy atom. The van der Waals surface area contributed by atoms with Crippen molar-refractivity contribution in [2.24, 2.45) is 0 Å². The maximum Gasteiger partial charge on any atom is 0.339 e. The normalized spacial score (nSPS) is 10.6. The van der Waals surface area contributed by atoms with Crippen LogP contribution in [0.2, 0.25) is 0 Å². The molecular weight excluding hydrogens is 329 g/mol. The van der Waals surface area contributed by atoms with Gasteiger partial charge in [0.25, 0.3) is 0 Å². The third-order valence-electron chi connectivity index (χ3n) is 2.69. The van der Waals surface area contributed by atoms with Gasteiger partial charge in [-0.05, 0) is 35.0 Å². The van der Waals surface area contributed by atoms with E-state index in [1.807, 2.05) is 6.92 Å². The number of carbonyl (C=O) groups excluding carboxylic acids is 1. The van der Waals surface area contributed by atoms with Crippen molar-refractivity contribution in [1.82, 2.24) is 9.78 Å². The lowest BCUT2D eigenvalue weighted by Gasteiger charge is -2.07. The summed E-state index contributed by atoms with van der Waals surface area (Å²) in [4.78, 5) is 11.9. The quantitative estimate of drug-likeness (QED) is 0.685. The van der Waals surface area contributed by atoms with Crippen molar-refractivity contribution in [3.8, 4) is 0 Å². The van der Waals surface area contributed by atoms with Crippen molar-refractivity contribution < 1.29 is 13.9 Å². The smallest absolute Gasteiger partial charge is 0.339 e. The van der Waals surface area contributed by atoms with Crippen LogP contribution in [0.25, 0.3) is 0 Å². The molecule has 0 atom stereocenters. The zero-order valence-electron chi connectivity index (χ0n) is 10.8. The van der Waals surface area contributed by atoms with Crippen LogP contribution in [0.5, 0.6) is 0 Å². The maximum absolute atomic E-state index is 13.2. The van der Waals surface area contributed by atoms with Crippen molar-refractivity contribution in [2.45, 2.75) is 20.1 Å². The molecule has 0 aliphatic heterocycles. The van der Waals surface area contributed by atoms with Gasteiger partial charge in [0.2, 0.25) is 0 Å². The molecule has 0 unspecified atom stereocenters. The summed E-state index contributed by atoms with van der Waals surface area (Å²) in [6, 6.07) is 2.39. The van der Waals surface area contributed by atoms with Gasteiger partial charge < -0.3 is 10.5 Å². The highest BCUT2D eigenvalue weighted by molar-refractivity contribution is 9.10. The standard InChI is InChI=1S/C13H13BrFN3O2/c1-2-18-6-8(5-17-18)7-20-13(19)9-3-12(16)11(15)4-10(9)14/h3-6H,2,7,16H2,1H3. The van der Waals surface area contributed by atoms with Crippen LogP contribution in [0.1, 0.15) is 22.8 Å². The number of carbonyl (C=O) groups is 1. The van der Waals surface area contributed by atoms with Crippen molar-refractivity contribution in [2.75, 3.05) is 5.73 Å². The second-order valence-corrected chi connectivity index (χ2v) is 4.99. The van der Waals surface area contributed by atoms with Gasteiger partial charge in [-0.15, -0.1) is 0 Å². The lowest BCUT2D eigenvalue weighted by atomic mass is 10.2. The van der Waals surface area contributed by atoms with Crippen molar-refractivity contribution >= 4 is 27.6 Å². The molecule has 1 aromatic carbocycles. The second kappa shape index (κ2) is 6.04. The molecule has 106 valence electrons. The summed E-state index contributed by atoms with van der Waals surface area (Å²) in [5.74, 6) is -1.16. The number of hydrogen-bond acceptors (Lipinski definition) is 4. The number of ether oxygens (including phenoxy) is 1. The molecule has 2 rings (SSSR count). The summed E-state index contributed by atoms with van der Waals surface area (Å²) in [5, 5.41) is 4.08. The monoisotopic (exact) mass is 341 g/mol. The van der Waals surface area contributed by atoms with E-state index in [0.717, 1.165) is 18.2 Å². The van der Waals surface area contributed by atoms with Gasteiger partial charge in [0.05, 0.1) is 17.4 Å². The van der Waals surface area contributed by atoms with Crippen LogP contribution in [0.15, 0.2) is 29.0 Å². The van der Waals surface area contributed by atoms with Crippen LogP contribution in [0.4, 0.5) is 10.1 Å². The molecule has 0 aliphatic carbocycles. The molecule has 1 aromatic heterocycles. The van der Waals surface area contributed by atoms with Gasteiger partial charge in [0.1, 0.15) is 12.4 Å². The zero-order chi connectivity index (χ0) is 14.7. The Balaban J connectivity index is 2.07. The van der Waals surface area contributed by atoms with Crippen LogP contribution >= 0.6 is 15.9 Å². The fourth-order valence-electron chi connectivity index (χ4n) is 1.60. The molecule has 0 fully saturated rings. The molecular formula is C13H13BrFN3O2. The highest BCUT2D eigenvalue weighted by atomic mass is 79.9. The Morgan fingerprint density at radius 2 is 2.30 bits per heavy atom. The van der Waals surface area contributed by atoms with E-state index in [1.165, 1.54) is 6.07 Å². The van der Waals surface area contributed by atoms with E-state index in [1.54, 1.807) is 17.1 Å². The Morgan fingerprint density at radius 3 is 2.95 bits per heavy atom. The molecule has 5 nitrogen and oxygen atoms in total. The number of nitrogens with zero attached hydrogens (tertiary/aromatic N) is 2. The SMILES string of the molecule is CCn1cc(COC(=O)c2cc(N)c(F)cc2Br)cn1. The van der Waals surface area contributed by atoms with Crippen LogP contribution in [0.3, 0.4) is 0 Å². The first kappa shape index (κ1) is 14.5. The van der Waals surface area contributed by atoms with E-state index in [2.05, 4.69) is 21.0 Å². The minimum Gasteiger partial charge on any atom is -0.457 e. The number of aromatic nitrogens is 2. The first-order chi connectivity index (χ1) is 9.51. The van der Waals surface area contributed by atoms with E-state index in [9.17, 15) is 9.18 Å². The van der Waals surface area contributed by atoms with Gasteiger partial charge >= 0.3 is 5.97 Å². The third kappa shape index (κ3) is 3.16. The van der Waals surface area contributed by atoms with E-state index >= 15 is 0 Å². The van der Waals surface area contributed by atoms with Gasteiger partial charge in [-0.1, -0.05) is 0 Å². The van der Waals surface area contributed by atoms with E-state index in [4.69, 9.17) is 10.5 Å². The Hall–Kier alpha value is -1.89. The first-order valence-electron chi connectivity index (χ1n) is 5.94. The number of benzene rings is 1. The van der Waals surface area contributed by atoms with E-state index < -0.39 is 11.8 Å². The highest BCUT2D eigenvalue weighted by Crippen LogP contribution is 2.23. The molecule has 1 heterocycles. The number of anilines is 1. The molecule has 2 N–H and O–H groups in total. The molecule has 0 radical (unpaired) electrons. The molecule has 2 aromatic rings. The fourth-order valence-corrected chi connectivity index (χ4v) is 2.08. The minimum absolute atomic E-state index is 0.0982. The first-order valence-corrected chi connectivity index (χ1v) is 6.73. The van der Waals surface area contributed by atoms with Crippen LogP contribution < -0.4 is 5.73 Å². The Labute approximate surface area is 123 Å². The highest BCUT2D eigenvalue weighted by Gasteiger charge is 2.15. The van der Waals surface area contributed by atoms with Gasteiger partial charge in [0.15, 0.2) is 0 Å². The Kier molecular flexibility index (Phi) is 4.39. The van der Waals surface area contributed by atoms with Gasteiger partial charge in [-0.25, -0.2) is 9.18 Å². The topological polar surface area (TPSA) is 70.1 Å². The number of aryl methyl sites for hydroxylation is 1. The summed E-state index contributed by atoms with van der Waals surface area (Å²) in [6.45, 7) is 2.80. The number of halogens is 2. The average Bonchev–Trinajstić information content (AvgIpc) is 2.88. The van der Waals surface area contributed by atoms with Crippen LogP contribution in [-0.2, 0) is 17.9 Å². The molecule has 0 saturated carbocycles. The predicted molar refractivity (Wildman–Crippen MR) is 75.5 cm³/mol. The molecule has 0 saturated heterocycles. The van der Waals surface area contributed by atoms with Crippen LogP contribution in [0, 0.1) is 5.82 Å². The van der Waals surface area contributed by atoms with Crippen molar-refractivity contribution in [3.05, 3.63) is 45.9 Å². The Bertz CT molecular complexity index is 643. The van der Waals surface area contributed by atoms with E-state index in [0.29, 0.717) is 4.47 Å². The van der Waals surface area contributed by atoms with Gasteiger partial charge in [-0.2, -0.15) is 5.10 Å². The summed E-state index contributed by atoms with van der Waals surface area (Å²) < 4.78 is 20.4. The number of esters is 1. The summed E-state index contributed by atoms with van der Waals surface area (Å²) in [5.41, 5.74) is 6.31. The van der Waals surface area contributed by atoms with Crippen LogP contribution in [-0.4, -0.2) is 15.7 Å². The lowest BCUT2D eigenvalue weighted by Crippen LogP contribution is -2.07. The molecule has 0 aliphatic rings. The van der Waals surface area contributed by atoms with Crippen molar-refractivity contribution in [1.29, 1.82) is 0 Å². The fraction of sp³-hybridized carbons (Fsp3) is 0.231. The molecule has 0 amide bonds. The number of hydrogen-bond donors (Lipinski definition) is 1. The third-order valence-corrected chi connectivity index (χ3v) is 3.34. The summed E-state index contributed by atoms with van der Waals surface area (Å²) in [7, 11) is 0. The summed E-state index contributed by atoms with van der Waals surface area (Å²) in [6.07, 6.45) is 3.42. The average molecular weight is 342 g/mol. The molecule has 0 spiro atoms. The summed E-state index contributed by atoms with van der Waals surface area (Å²) >= 11 is 3.11. The van der Waals surface area contributed by atoms with Gasteiger partial charge in [-0.3, -0.25) is 4.68 Å². The number of rotatable bonds is 4. The number of nitrogen functional groups attached to an aromatic ring is 1.